The number of fused-ring (bicyclic) bond motifs is 1. The van der Waals surface area contributed by atoms with E-state index in [0.29, 0.717) is 22.6 Å². The highest BCUT2D eigenvalue weighted by Gasteiger charge is 2.45. The van der Waals surface area contributed by atoms with Gasteiger partial charge in [0.2, 0.25) is 0 Å². The molecule has 6 nitrogen and oxygen atoms in total. The molecule has 1 aromatic heterocycles. The summed E-state index contributed by atoms with van der Waals surface area (Å²) in [7, 11) is 0. The summed E-state index contributed by atoms with van der Waals surface area (Å²) in [5.41, 5.74) is 0.758. The number of hydrogen-bond donors (Lipinski definition) is 0. The van der Waals surface area contributed by atoms with E-state index in [2.05, 4.69) is 4.98 Å². The van der Waals surface area contributed by atoms with Crippen LogP contribution in [0.3, 0.4) is 0 Å². The quantitative estimate of drug-likeness (QED) is 0.573. The highest BCUT2D eigenvalue weighted by Crippen LogP contribution is 2.45. The molecular formula is C19H17ClFNO5. The van der Waals surface area contributed by atoms with Crippen LogP contribution in [-0.2, 0) is 24.5 Å². The van der Waals surface area contributed by atoms with Crippen LogP contribution in [0.15, 0.2) is 30.3 Å². The molecule has 27 heavy (non-hydrogen) atoms. The average molecular weight is 394 g/mol. The first-order valence-corrected chi connectivity index (χ1v) is 8.55. The zero-order chi connectivity index (χ0) is 19.6. The Bertz CT molecular complexity index is 866. The molecule has 0 spiro atoms. The predicted molar refractivity (Wildman–Crippen MR) is 95.1 cm³/mol. The minimum Gasteiger partial charge on any atom is -0.490 e. The zero-order valence-electron chi connectivity index (χ0n) is 14.8. The number of ether oxygens (including phenoxy) is 3. The maximum atomic E-state index is 13.3. The summed E-state index contributed by atoms with van der Waals surface area (Å²) >= 11 is 6.21. The number of pyridine rings is 1. The van der Waals surface area contributed by atoms with Gasteiger partial charge in [-0.3, -0.25) is 9.59 Å². The van der Waals surface area contributed by atoms with Crippen molar-refractivity contribution in [1.29, 1.82) is 0 Å². The number of aromatic nitrogens is 1. The molecule has 1 aromatic carbocycles. The highest BCUT2D eigenvalue weighted by molar-refractivity contribution is 6.29. The Morgan fingerprint density at radius 2 is 1.78 bits per heavy atom. The van der Waals surface area contributed by atoms with Gasteiger partial charge in [0.1, 0.15) is 47.6 Å². The van der Waals surface area contributed by atoms with Gasteiger partial charge in [-0.2, -0.15) is 0 Å². The lowest BCUT2D eigenvalue weighted by Crippen LogP contribution is -2.40. The van der Waals surface area contributed by atoms with Crippen LogP contribution in [-0.4, -0.2) is 36.7 Å². The Kier molecular flexibility index (Phi) is 5.32. The molecule has 0 N–H and O–H groups in total. The second-order valence-corrected chi connectivity index (χ2v) is 6.69. The van der Waals surface area contributed by atoms with Gasteiger partial charge in [-0.1, -0.05) is 11.6 Å². The Morgan fingerprint density at radius 1 is 1.19 bits per heavy atom. The fourth-order valence-corrected chi connectivity index (χ4v) is 3.09. The number of nitrogens with zero attached hydrogens (tertiary/aromatic N) is 1. The van der Waals surface area contributed by atoms with E-state index in [9.17, 15) is 14.0 Å². The van der Waals surface area contributed by atoms with E-state index < -0.39 is 17.4 Å². The van der Waals surface area contributed by atoms with Gasteiger partial charge >= 0.3 is 11.9 Å². The highest BCUT2D eigenvalue weighted by atomic mass is 35.5. The Labute approximate surface area is 160 Å². The molecule has 0 aliphatic carbocycles. The van der Waals surface area contributed by atoms with Crippen molar-refractivity contribution in [3.05, 3.63) is 46.9 Å². The minimum absolute atomic E-state index is 0.0498. The Morgan fingerprint density at radius 3 is 2.33 bits per heavy atom. The molecule has 0 saturated heterocycles. The van der Waals surface area contributed by atoms with E-state index in [1.54, 1.807) is 18.2 Å². The number of carbonyl (C=O) groups is 2. The van der Waals surface area contributed by atoms with Crippen LogP contribution < -0.4 is 4.74 Å². The van der Waals surface area contributed by atoms with Crippen molar-refractivity contribution in [3.63, 3.8) is 0 Å². The Hall–Kier alpha value is -2.67. The Balaban J connectivity index is 2.08. The van der Waals surface area contributed by atoms with Crippen LogP contribution in [0.1, 0.15) is 19.4 Å². The summed E-state index contributed by atoms with van der Waals surface area (Å²) < 4.78 is 29.5. The maximum absolute atomic E-state index is 13.3. The molecule has 0 fully saturated rings. The minimum atomic E-state index is -0.909. The number of hydrogen-bond acceptors (Lipinski definition) is 6. The van der Waals surface area contributed by atoms with Crippen molar-refractivity contribution in [1.82, 2.24) is 4.98 Å². The van der Waals surface area contributed by atoms with E-state index in [-0.39, 0.29) is 30.8 Å². The van der Waals surface area contributed by atoms with Gasteiger partial charge in [0.05, 0.1) is 0 Å². The third-order valence-electron chi connectivity index (χ3n) is 4.23. The van der Waals surface area contributed by atoms with Crippen molar-refractivity contribution >= 4 is 23.5 Å². The number of rotatable bonds is 5. The molecule has 0 atom stereocenters. The third-order valence-corrected chi connectivity index (χ3v) is 4.42. The number of esters is 2. The van der Waals surface area contributed by atoms with Gasteiger partial charge < -0.3 is 14.2 Å². The van der Waals surface area contributed by atoms with Gasteiger partial charge in [0, 0.05) is 25.0 Å². The van der Waals surface area contributed by atoms with Crippen LogP contribution in [0.2, 0.25) is 5.15 Å². The number of benzene rings is 1. The predicted octanol–water partition coefficient (Wildman–Crippen LogP) is 3.30. The second kappa shape index (κ2) is 7.52. The first-order chi connectivity index (χ1) is 12.8. The molecule has 1 aliphatic heterocycles. The summed E-state index contributed by atoms with van der Waals surface area (Å²) in [4.78, 5) is 27.0. The molecule has 8 heteroatoms. The molecule has 3 rings (SSSR count). The first kappa shape index (κ1) is 19.1. The lowest BCUT2D eigenvalue weighted by molar-refractivity contribution is -0.147. The maximum Gasteiger partial charge on any atom is 0.302 e. The smallest absolute Gasteiger partial charge is 0.302 e. The van der Waals surface area contributed by atoms with Gasteiger partial charge in [-0.25, -0.2) is 9.37 Å². The van der Waals surface area contributed by atoms with Crippen LogP contribution >= 0.6 is 11.6 Å². The summed E-state index contributed by atoms with van der Waals surface area (Å²) in [5.74, 6) is -0.878. The SMILES string of the molecule is CC(=O)OCC1(COC(C)=O)COc2c1cc(Cl)nc2-c1ccc(F)cc1. The van der Waals surface area contributed by atoms with Crippen LogP contribution in [0, 0.1) is 5.82 Å². The largest absolute Gasteiger partial charge is 0.490 e. The van der Waals surface area contributed by atoms with Gasteiger partial charge in [0.15, 0.2) is 0 Å². The number of carbonyl (C=O) groups excluding carboxylic acids is 2. The zero-order valence-corrected chi connectivity index (χ0v) is 15.5. The summed E-state index contributed by atoms with van der Waals surface area (Å²) in [6.07, 6.45) is 0. The molecule has 0 unspecified atom stereocenters. The van der Waals surface area contributed by atoms with Crippen LogP contribution in [0.25, 0.3) is 11.3 Å². The molecule has 142 valence electrons. The van der Waals surface area contributed by atoms with Crippen molar-refractivity contribution < 1.29 is 28.2 Å². The van der Waals surface area contributed by atoms with E-state index in [4.69, 9.17) is 25.8 Å². The van der Waals surface area contributed by atoms with Crippen molar-refractivity contribution in [2.24, 2.45) is 0 Å². The molecule has 0 radical (unpaired) electrons. The standard InChI is InChI=1S/C19H17ClFNO5/c1-11(23)25-8-19(9-26-12(2)24)10-27-18-15(19)7-16(20)22-17(18)13-3-5-14(21)6-4-13/h3-7H,8-10H2,1-2H3. The van der Waals surface area contributed by atoms with Crippen molar-refractivity contribution in [2.45, 2.75) is 19.3 Å². The van der Waals surface area contributed by atoms with E-state index in [1.807, 2.05) is 0 Å². The van der Waals surface area contributed by atoms with Gasteiger partial charge in [-0.05, 0) is 30.3 Å². The molecule has 0 amide bonds. The first-order valence-electron chi connectivity index (χ1n) is 8.17. The summed E-state index contributed by atoms with van der Waals surface area (Å²) in [6.45, 7) is 2.59. The lowest BCUT2D eigenvalue weighted by atomic mass is 9.83. The fourth-order valence-electron chi connectivity index (χ4n) is 2.89. The van der Waals surface area contributed by atoms with Gasteiger partial charge in [-0.15, -0.1) is 0 Å². The topological polar surface area (TPSA) is 74.7 Å². The van der Waals surface area contributed by atoms with Gasteiger partial charge in [0.25, 0.3) is 0 Å². The fraction of sp³-hybridized carbons (Fsp3) is 0.316. The molecular weight excluding hydrogens is 377 g/mol. The molecule has 0 saturated carbocycles. The average Bonchev–Trinajstić information content (AvgIpc) is 2.97. The normalized spacial score (nSPS) is 14.2. The summed E-state index contributed by atoms with van der Waals surface area (Å²) in [5, 5.41) is 0.189. The summed E-state index contributed by atoms with van der Waals surface area (Å²) in [6, 6.07) is 7.35. The van der Waals surface area contributed by atoms with Crippen LogP contribution in [0.5, 0.6) is 5.75 Å². The second-order valence-electron chi connectivity index (χ2n) is 6.31. The van der Waals surface area contributed by atoms with E-state index in [1.165, 1.54) is 26.0 Å². The number of halogens is 2. The monoisotopic (exact) mass is 393 g/mol. The third kappa shape index (κ3) is 4.03. The lowest BCUT2D eigenvalue weighted by Gasteiger charge is -2.26. The van der Waals surface area contributed by atoms with E-state index >= 15 is 0 Å². The van der Waals surface area contributed by atoms with E-state index in [0.717, 1.165) is 0 Å². The van der Waals surface area contributed by atoms with Crippen molar-refractivity contribution in [2.75, 3.05) is 19.8 Å². The molecule has 1 aliphatic rings. The van der Waals surface area contributed by atoms with Crippen molar-refractivity contribution in [3.8, 4) is 17.0 Å². The molecule has 0 bridgehead atoms. The molecule has 2 heterocycles. The van der Waals surface area contributed by atoms with Crippen LogP contribution in [0.4, 0.5) is 4.39 Å². The molecule has 2 aromatic rings.